The van der Waals surface area contributed by atoms with Gasteiger partial charge in [0, 0.05) is 6.54 Å². The average Bonchev–Trinajstić information content (AvgIpc) is 3.21. The highest BCUT2D eigenvalue weighted by Crippen LogP contribution is 2.07. The summed E-state index contributed by atoms with van der Waals surface area (Å²) in [6.07, 6.45) is 2.22. The van der Waals surface area contributed by atoms with Gasteiger partial charge in [-0.2, -0.15) is 0 Å². The summed E-state index contributed by atoms with van der Waals surface area (Å²) in [5.41, 5.74) is 21.8. The van der Waals surface area contributed by atoms with Crippen LogP contribution < -0.4 is 70.8 Å². The zero-order valence-electron chi connectivity index (χ0n) is 37.8. The van der Waals surface area contributed by atoms with Crippen molar-refractivity contribution in [3.8, 4) is 0 Å². The number of guanidine groups is 1. The van der Waals surface area contributed by atoms with Gasteiger partial charge in [0.2, 0.25) is 53.2 Å². The lowest BCUT2D eigenvalue weighted by Crippen LogP contribution is -2.55. The standard InChI is InChI=1S/C39H72N14O11/c1-21(2)14-26(35(60)48-19-31(57)52-27(15-22(3)4)36(61)47-18-30(56)50-25(38(63)64)11-7-8-12-40)51-29(55)17-45-28(54)16-49-37(62)33(23(5)6)53-32(58)20-46-34(59)24(41)10-9-13-44-39(42)43/h21-27,33H,7-20,40-41H2,1-6H3,(H,45,54)(H,46,59)(H,47,61)(H,48,60)(H,49,62)(H,50,56)(H,51,55)(H,52,57)(H,53,58)(H,63,64)(H4,42,43,44)/t24-,25-,26-,27-,33-/m0/s1. The van der Waals surface area contributed by atoms with Crippen molar-refractivity contribution in [2.45, 2.75) is 117 Å². The van der Waals surface area contributed by atoms with Gasteiger partial charge < -0.3 is 75.9 Å². The van der Waals surface area contributed by atoms with Gasteiger partial charge in [0.15, 0.2) is 5.96 Å². The first-order valence-electron chi connectivity index (χ1n) is 21.3. The molecule has 0 spiro atoms. The maximum Gasteiger partial charge on any atom is 0.326 e. The fraction of sp³-hybridized carbons (Fsp3) is 0.718. The molecular weight excluding hydrogens is 841 g/mol. The molecule has 364 valence electrons. The third kappa shape index (κ3) is 27.1. The molecule has 0 bridgehead atoms. The van der Waals surface area contributed by atoms with Crippen LogP contribution in [0.3, 0.4) is 0 Å². The fourth-order valence-electron chi connectivity index (χ4n) is 5.70. The van der Waals surface area contributed by atoms with Crippen molar-refractivity contribution < 1.29 is 53.1 Å². The Hall–Kier alpha value is -6.11. The van der Waals surface area contributed by atoms with Crippen molar-refractivity contribution in [3.63, 3.8) is 0 Å². The molecule has 0 heterocycles. The number of rotatable bonds is 32. The largest absolute Gasteiger partial charge is 0.480 e. The number of aliphatic imine (C=N–C) groups is 1. The maximum absolute atomic E-state index is 13.1. The molecule has 18 N–H and O–H groups in total. The van der Waals surface area contributed by atoms with E-state index >= 15 is 0 Å². The summed E-state index contributed by atoms with van der Waals surface area (Å²) >= 11 is 0. The number of hydrogen-bond donors (Lipinski definition) is 14. The number of aliphatic carboxylic acids is 1. The molecule has 0 radical (unpaired) electrons. The van der Waals surface area contributed by atoms with Gasteiger partial charge in [0.25, 0.3) is 0 Å². The highest BCUT2D eigenvalue weighted by Gasteiger charge is 2.28. The molecule has 0 aromatic rings. The Morgan fingerprint density at radius 2 is 0.938 bits per heavy atom. The van der Waals surface area contributed by atoms with Crippen molar-refractivity contribution in [1.82, 2.24) is 47.9 Å². The topological polar surface area (TPSA) is 416 Å². The third-order valence-corrected chi connectivity index (χ3v) is 9.01. The van der Waals surface area contributed by atoms with E-state index in [1.807, 2.05) is 0 Å². The van der Waals surface area contributed by atoms with Crippen LogP contribution in [0.4, 0.5) is 0 Å². The molecule has 0 rings (SSSR count). The minimum atomic E-state index is -1.23. The maximum atomic E-state index is 13.1. The van der Waals surface area contributed by atoms with E-state index in [1.165, 1.54) is 0 Å². The molecule has 0 fully saturated rings. The van der Waals surface area contributed by atoms with E-state index in [2.05, 4.69) is 52.8 Å². The van der Waals surface area contributed by atoms with E-state index < -0.39 is 128 Å². The summed E-state index contributed by atoms with van der Waals surface area (Å²) in [6, 6.07) is -5.39. The van der Waals surface area contributed by atoms with Crippen LogP contribution in [0.15, 0.2) is 4.99 Å². The summed E-state index contributed by atoms with van der Waals surface area (Å²) in [4.78, 5) is 130. The Morgan fingerprint density at radius 3 is 1.38 bits per heavy atom. The van der Waals surface area contributed by atoms with Crippen LogP contribution >= 0.6 is 0 Å². The zero-order chi connectivity index (χ0) is 48.9. The molecule has 0 aliphatic carbocycles. The molecule has 0 saturated carbocycles. The lowest BCUT2D eigenvalue weighted by Gasteiger charge is -2.22. The minimum Gasteiger partial charge on any atom is -0.480 e. The molecule has 0 aromatic heterocycles. The average molecular weight is 913 g/mol. The molecule has 0 aliphatic rings. The number of carbonyl (C=O) groups excluding carboxylic acids is 9. The molecular formula is C39H72N14O11. The van der Waals surface area contributed by atoms with Crippen molar-refractivity contribution in [3.05, 3.63) is 0 Å². The van der Waals surface area contributed by atoms with Gasteiger partial charge >= 0.3 is 5.97 Å². The van der Waals surface area contributed by atoms with Crippen molar-refractivity contribution in [2.24, 2.45) is 45.7 Å². The normalized spacial score (nSPS) is 13.2. The van der Waals surface area contributed by atoms with Crippen LogP contribution in [0.5, 0.6) is 0 Å². The molecule has 0 unspecified atom stereocenters. The highest BCUT2D eigenvalue weighted by atomic mass is 16.4. The number of carbonyl (C=O) groups is 10. The van der Waals surface area contributed by atoms with Crippen molar-refractivity contribution in [2.75, 3.05) is 45.8 Å². The number of amides is 9. The van der Waals surface area contributed by atoms with Gasteiger partial charge in [-0.1, -0.05) is 41.5 Å². The van der Waals surface area contributed by atoms with Crippen LogP contribution in [-0.4, -0.2) is 146 Å². The van der Waals surface area contributed by atoms with E-state index in [4.69, 9.17) is 22.9 Å². The second-order valence-electron chi connectivity index (χ2n) is 16.2. The van der Waals surface area contributed by atoms with Gasteiger partial charge in [-0.15, -0.1) is 0 Å². The molecule has 64 heavy (non-hydrogen) atoms. The van der Waals surface area contributed by atoms with Crippen LogP contribution in [0, 0.1) is 17.8 Å². The number of carboxylic acids is 1. The predicted octanol–water partition coefficient (Wildman–Crippen LogP) is -5.15. The first-order chi connectivity index (χ1) is 30.0. The van der Waals surface area contributed by atoms with Gasteiger partial charge in [0.1, 0.15) is 24.2 Å². The monoisotopic (exact) mass is 913 g/mol. The molecule has 0 saturated heterocycles. The molecule has 25 heteroatoms. The summed E-state index contributed by atoms with van der Waals surface area (Å²) in [5.74, 6) is -8.33. The van der Waals surface area contributed by atoms with Crippen LogP contribution in [0.2, 0.25) is 0 Å². The minimum absolute atomic E-state index is 0.0794. The second-order valence-corrected chi connectivity index (χ2v) is 16.2. The van der Waals surface area contributed by atoms with Crippen LogP contribution in [0.1, 0.15) is 86.5 Å². The highest BCUT2D eigenvalue weighted by molar-refractivity contribution is 5.95. The molecule has 0 aliphatic heterocycles. The number of unbranched alkanes of at least 4 members (excludes halogenated alkanes) is 1. The van der Waals surface area contributed by atoms with E-state index in [0.717, 1.165) is 0 Å². The number of carboxylic acid groups (broad SMARTS) is 1. The Bertz CT molecular complexity index is 1600. The van der Waals surface area contributed by atoms with Crippen molar-refractivity contribution in [1.29, 1.82) is 0 Å². The fourth-order valence-corrected chi connectivity index (χ4v) is 5.70. The quantitative estimate of drug-likeness (QED) is 0.0171. The SMILES string of the molecule is CC(C)C[C@H](NC(=O)CNC(=O)CNC(=O)[C@@H](NC(=O)CNC(=O)[C@@H](N)CCCN=C(N)N)C(C)C)C(=O)NCC(=O)N[C@@H](CC(C)C)C(=O)NCC(=O)N[C@@H](CCCCN)C(=O)O. The first-order valence-corrected chi connectivity index (χ1v) is 21.3. The van der Waals surface area contributed by atoms with E-state index in [1.54, 1.807) is 41.5 Å². The predicted molar refractivity (Wildman–Crippen MR) is 235 cm³/mol. The van der Waals surface area contributed by atoms with E-state index in [-0.39, 0.29) is 50.0 Å². The third-order valence-electron chi connectivity index (χ3n) is 9.01. The Morgan fingerprint density at radius 1 is 0.516 bits per heavy atom. The van der Waals surface area contributed by atoms with Crippen LogP contribution in [-0.2, 0) is 47.9 Å². The molecule has 5 atom stereocenters. The lowest BCUT2D eigenvalue weighted by atomic mass is 10.0. The van der Waals surface area contributed by atoms with Crippen molar-refractivity contribution >= 4 is 65.1 Å². The smallest absolute Gasteiger partial charge is 0.326 e. The first kappa shape index (κ1) is 57.9. The van der Waals surface area contributed by atoms with E-state index in [0.29, 0.717) is 25.8 Å². The molecule has 9 amide bonds. The number of hydrogen-bond acceptors (Lipinski definition) is 13. The van der Waals surface area contributed by atoms with Gasteiger partial charge in [-0.25, -0.2) is 4.79 Å². The van der Waals surface area contributed by atoms with Gasteiger partial charge in [-0.05, 0) is 69.2 Å². The van der Waals surface area contributed by atoms with Gasteiger partial charge in [0.05, 0.1) is 38.8 Å². The summed E-state index contributed by atoms with van der Waals surface area (Å²) in [7, 11) is 0. The summed E-state index contributed by atoms with van der Waals surface area (Å²) in [5, 5.41) is 31.2. The number of nitrogens with one attached hydrogen (secondary N) is 9. The lowest BCUT2D eigenvalue weighted by molar-refractivity contribution is -0.142. The second kappa shape index (κ2) is 31.7. The summed E-state index contributed by atoms with van der Waals surface area (Å²) in [6.45, 7) is 8.41. The number of nitrogens with zero attached hydrogens (tertiary/aromatic N) is 1. The number of nitrogens with two attached hydrogens (primary N) is 4. The Balaban J connectivity index is 5.08. The molecule has 0 aromatic carbocycles. The summed E-state index contributed by atoms with van der Waals surface area (Å²) < 4.78 is 0. The van der Waals surface area contributed by atoms with Crippen LogP contribution in [0.25, 0.3) is 0 Å². The van der Waals surface area contributed by atoms with E-state index in [9.17, 15) is 53.1 Å². The van der Waals surface area contributed by atoms with Gasteiger partial charge in [-0.3, -0.25) is 48.1 Å². The Kier molecular flexibility index (Phi) is 28.7. The zero-order valence-corrected chi connectivity index (χ0v) is 37.8. The Labute approximate surface area is 373 Å². The molecule has 25 nitrogen and oxygen atoms in total.